The van der Waals surface area contributed by atoms with Gasteiger partial charge in [-0.05, 0) is 78.3 Å². The van der Waals surface area contributed by atoms with Crippen LogP contribution in [0.25, 0.3) is 0 Å². The van der Waals surface area contributed by atoms with Gasteiger partial charge in [0.05, 0.1) is 6.20 Å². The molecule has 3 nitrogen and oxygen atoms in total. The summed E-state index contributed by atoms with van der Waals surface area (Å²) in [6.45, 7) is 11.2. The van der Waals surface area contributed by atoms with Crippen LogP contribution in [0.4, 0.5) is 0 Å². The van der Waals surface area contributed by atoms with E-state index in [0.717, 1.165) is 29.7 Å². The SMILES string of the molecule is CC1(C)CCCC2(C)C1CCC1(C)C3=CC[NH+](CC(=O)O)C=C3CCC12. The van der Waals surface area contributed by atoms with Crippen LogP contribution in [-0.4, -0.2) is 24.2 Å². The molecule has 144 valence electrons. The number of carboxylic acid groups (broad SMARTS) is 1. The van der Waals surface area contributed by atoms with Crippen LogP contribution >= 0.6 is 0 Å². The van der Waals surface area contributed by atoms with Gasteiger partial charge in [0.25, 0.3) is 0 Å². The van der Waals surface area contributed by atoms with E-state index in [4.69, 9.17) is 5.11 Å². The predicted molar refractivity (Wildman–Crippen MR) is 104 cm³/mol. The van der Waals surface area contributed by atoms with Gasteiger partial charge in [0.1, 0.15) is 6.54 Å². The first-order chi connectivity index (χ1) is 12.2. The predicted octanol–water partition coefficient (Wildman–Crippen LogP) is 3.82. The minimum Gasteiger partial charge on any atom is -0.477 e. The monoisotopic (exact) mass is 358 g/mol. The molecule has 3 aliphatic carbocycles. The molecular formula is C23H36NO2+. The number of rotatable bonds is 2. The van der Waals surface area contributed by atoms with Gasteiger partial charge in [-0.2, -0.15) is 0 Å². The third kappa shape index (κ3) is 2.61. The average Bonchev–Trinajstić information content (AvgIpc) is 2.52. The minimum atomic E-state index is -0.703. The lowest BCUT2D eigenvalue weighted by atomic mass is 9.40. The van der Waals surface area contributed by atoms with Gasteiger partial charge in [0.15, 0.2) is 6.54 Å². The molecule has 3 saturated carbocycles. The van der Waals surface area contributed by atoms with Crippen molar-refractivity contribution < 1.29 is 14.8 Å². The van der Waals surface area contributed by atoms with Crippen molar-refractivity contribution in [1.82, 2.24) is 0 Å². The molecule has 0 aromatic carbocycles. The Morgan fingerprint density at radius 1 is 1.15 bits per heavy atom. The molecule has 1 heterocycles. The molecule has 1 aliphatic heterocycles. The smallest absolute Gasteiger partial charge is 0.359 e. The van der Waals surface area contributed by atoms with Gasteiger partial charge < -0.3 is 5.11 Å². The zero-order valence-electron chi connectivity index (χ0n) is 17.0. The molecule has 0 spiro atoms. The van der Waals surface area contributed by atoms with Crippen LogP contribution in [0, 0.1) is 28.1 Å². The Morgan fingerprint density at radius 3 is 2.65 bits per heavy atom. The molecule has 3 heteroatoms. The van der Waals surface area contributed by atoms with E-state index in [1.807, 2.05) is 0 Å². The first-order valence-corrected chi connectivity index (χ1v) is 10.6. The van der Waals surface area contributed by atoms with Crippen molar-refractivity contribution in [2.24, 2.45) is 28.1 Å². The van der Waals surface area contributed by atoms with Crippen LogP contribution < -0.4 is 4.90 Å². The van der Waals surface area contributed by atoms with Crippen molar-refractivity contribution in [2.75, 3.05) is 13.1 Å². The number of allylic oxidation sites excluding steroid dienone is 2. The maximum atomic E-state index is 11.1. The van der Waals surface area contributed by atoms with Crippen molar-refractivity contribution in [2.45, 2.75) is 72.6 Å². The first kappa shape index (κ1) is 18.3. The summed E-state index contributed by atoms with van der Waals surface area (Å²) in [6, 6.07) is 0. The van der Waals surface area contributed by atoms with Crippen LogP contribution in [0.3, 0.4) is 0 Å². The summed E-state index contributed by atoms with van der Waals surface area (Å²) in [5.74, 6) is 0.925. The van der Waals surface area contributed by atoms with Gasteiger partial charge in [0.2, 0.25) is 0 Å². The van der Waals surface area contributed by atoms with E-state index in [1.54, 1.807) is 5.57 Å². The van der Waals surface area contributed by atoms with Gasteiger partial charge in [0, 0.05) is 5.57 Å². The Morgan fingerprint density at radius 2 is 1.92 bits per heavy atom. The number of nitrogens with one attached hydrogen (secondary N) is 1. The summed E-state index contributed by atoms with van der Waals surface area (Å²) in [6.07, 6.45) is 13.9. The van der Waals surface area contributed by atoms with Gasteiger partial charge in [-0.15, -0.1) is 0 Å². The molecule has 0 aromatic heterocycles. The van der Waals surface area contributed by atoms with Crippen LogP contribution in [0.1, 0.15) is 72.6 Å². The van der Waals surface area contributed by atoms with Gasteiger partial charge in [-0.3, -0.25) is 4.90 Å². The highest BCUT2D eigenvalue weighted by Gasteiger charge is 2.60. The number of hydrogen-bond acceptors (Lipinski definition) is 1. The summed E-state index contributed by atoms with van der Waals surface area (Å²) >= 11 is 0. The number of aliphatic carboxylic acids is 1. The topological polar surface area (TPSA) is 41.7 Å². The van der Waals surface area contributed by atoms with E-state index in [0.29, 0.717) is 10.8 Å². The fraction of sp³-hybridized carbons (Fsp3) is 0.783. The van der Waals surface area contributed by atoms with Crippen LogP contribution in [0.15, 0.2) is 23.4 Å². The summed E-state index contributed by atoms with van der Waals surface area (Å²) in [7, 11) is 0. The molecule has 0 aromatic rings. The molecule has 0 amide bonds. The summed E-state index contributed by atoms with van der Waals surface area (Å²) in [5, 5.41) is 9.14. The molecule has 0 saturated heterocycles. The largest absolute Gasteiger partial charge is 0.477 e. The lowest BCUT2D eigenvalue weighted by molar-refractivity contribution is -0.833. The van der Waals surface area contributed by atoms with Crippen molar-refractivity contribution >= 4 is 5.97 Å². The van der Waals surface area contributed by atoms with Gasteiger partial charge in [-0.25, -0.2) is 4.79 Å². The molecule has 0 bridgehead atoms. The van der Waals surface area contributed by atoms with E-state index < -0.39 is 5.97 Å². The Hall–Kier alpha value is -1.09. The number of carboxylic acids is 1. The number of carbonyl (C=O) groups is 1. The van der Waals surface area contributed by atoms with Crippen LogP contribution in [0.2, 0.25) is 0 Å². The Bertz CT molecular complexity index is 676. The van der Waals surface area contributed by atoms with Crippen molar-refractivity contribution in [3.8, 4) is 0 Å². The second kappa shape index (κ2) is 5.95. The Kier molecular flexibility index (Phi) is 4.19. The fourth-order valence-corrected chi connectivity index (χ4v) is 7.79. The van der Waals surface area contributed by atoms with Gasteiger partial charge >= 0.3 is 5.97 Å². The van der Waals surface area contributed by atoms with E-state index >= 15 is 0 Å². The minimum absolute atomic E-state index is 0.196. The van der Waals surface area contributed by atoms with Crippen LogP contribution in [0.5, 0.6) is 0 Å². The van der Waals surface area contributed by atoms with Crippen LogP contribution in [-0.2, 0) is 4.79 Å². The number of hydrogen-bond donors (Lipinski definition) is 2. The lowest BCUT2D eigenvalue weighted by Crippen LogP contribution is -3.09. The molecule has 2 N–H and O–H groups in total. The van der Waals surface area contributed by atoms with E-state index in [2.05, 4.69) is 40.0 Å². The first-order valence-electron chi connectivity index (χ1n) is 10.6. The highest BCUT2D eigenvalue weighted by atomic mass is 16.4. The maximum Gasteiger partial charge on any atom is 0.359 e. The standard InChI is InChI=1S/C23H35NO2/c1-21(2)10-5-11-23(4)18(21)8-12-22(3)17-9-13-24(15-20(25)26)14-16(17)6-7-19(22)23/h9,14,18-19H,5-8,10-13,15H2,1-4H3,(H,25,26)/p+1. The Labute approximate surface area is 158 Å². The van der Waals surface area contributed by atoms with Crippen molar-refractivity contribution in [3.63, 3.8) is 0 Å². The summed E-state index contributed by atoms with van der Waals surface area (Å²) < 4.78 is 0. The highest BCUT2D eigenvalue weighted by Crippen LogP contribution is 2.68. The lowest BCUT2D eigenvalue weighted by Gasteiger charge is -2.64. The Balaban J connectivity index is 1.66. The highest BCUT2D eigenvalue weighted by molar-refractivity contribution is 5.67. The van der Waals surface area contributed by atoms with E-state index in [1.165, 1.54) is 44.1 Å². The number of quaternary nitrogens is 1. The molecule has 0 radical (unpaired) electrons. The molecule has 5 unspecified atom stereocenters. The second-order valence-corrected chi connectivity index (χ2v) is 10.7. The molecule has 26 heavy (non-hydrogen) atoms. The van der Waals surface area contributed by atoms with E-state index in [9.17, 15) is 4.79 Å². The zero-order valence-corrected chi connectivity index (χ0v) is 17.0. The molecule has 5 atom stereocenters. The molecular weight excluding hydrogens is 322 g/mol. The van der Waals surface area contributed by atoms with Crippen molar-refractivity contribution in [1.29, 1.82) is 0 Å². The quantitative estimate of drug-likeness (QED) is 0.788. The molecule has 3 fully saturated rings. The normalized spacial score (nSPS) is 44.1. The molecule has 4 aliphatic rings. The third-order valence-electron chi connectivity index (χ3n) is 8.78. The second-order valence-electron chi connectivity index (χ2n) is 10.7. The maximum absolute atomic E-state index is 11.1. The zero-order chi connectivity index (χ0) is 18.7. The summed E-state index contributed by atoms with van der Waals surface area (Å²) in [4.78, 5) is 12.2. The van der Waals surface area contributed by atoms with E-state index in [-0.39, 0.29) is 12.0 Å². The third-order valence-corrected chi connectivity index (χ3v) is 8.78. The van der Waals surface area contributed by atoms with Crippen molar-refractivity contribution in [3.05, 3.63) is 23.4 Å². The average molecular weight is 359 g/mol. The molecule has 4 rings (SSSR count). The van der Waals surface area contributed by atoms with Gasteiger partial charge in [-0.1, -0.05) is 34.1 Å². The summed E-state index contributed by atoms with van der Waals surface area (Å²) in [5.41, 5.74) is 4.26. The fourth-order valence-electron chi connectivity index (χ4n) is 7.79. The number of fused-ring (bicyclic) bond motifs is 5.